The van der Waals surface area contributed by atoms with Gasteiger partial charge in [0, 0.05) is 6.54 Å². The Kier molecular flexibility index (Phi) is 5.64. The van der Waals surface area contributed by atoms with E-state index in [0.29, 0.717) is 6.54 Å². The summed E-state index contributed by atoms with van der Waals surface area (Å²) in [5.41, 5.74) is -0.0114. The lowest BCUT2D eigenvalue weighted by atomic mass is 10.2. The van der Waals surface area contributed by atoms with E-state index in [4.69, 9.17) is 4.74 Å². The van der Waals surface area contributed by atoms with E-state index in [1.807, 2.05) is 5.32 Å². The van der Waals surface area contributed by atoms with Crippen LogP contribution in [0.25, 0.3) is 0 Å². The van der Waals surface area contributed by atoms with Crippen LogP contribution >= 0.6 is 0 Å². The molecule has 6 nitrogen and oxygen atoms in total. The minimum absolute atomic E-state index is 0.0114. The summed E-state index contributed by atoms with van der Waals surface area (Å²) in [6.07, 6.45) is -1.17. The molecule has 1 rings (SSSR count). The predicted octanol–water partition coefficient (Wildman–Crippen LogP) is 1.22. The molecule has 0 heterocycles. The van der Waals surface area contributed by atoms with Crippen molar-refractivity contribution >= 4 is 17.9 Å². The van der Waals surface area contributed by atoms with E-state index in [1.54, 1.807) is 6.92 Å². The molecule has 3 amide bonds. The number of hydrogen-bond acceptors (Lipinski definition) is 4. The molecule has 0 radical (unpaired) electrons. The van der Waals surface area contributed by atoms with Gasteiger partial charge in [-0.2, -0.15) is 0 Å². The van der Waals surface area contributed by atoms with Crippen molar-refractivity contribution in [2.45, 2.75) is 20.0 Å². The Balaban J connectivity index is 2.57. The fraction of sp³-hybridized carbons (Fsp3) is 0.308. The molecular formula is C13H15FN2O4. The average Bonchev–Trinajstić information content (AvgIpc) is 2.38. The molecule has 0 aliphatic carbocycles. The zero-order valence-electron chi connectivity index (χ0n) is 11.1. The van der Waals surface area contributed by atoms with Crippen LogP contribution in [0.5, 0.6) is 0 Å². The van der Waals surface area contributed by atoms with E-state index >= 15 is 0 Å². The molecule has 108 valence electrons. The van der Waals surface area contributed by atoms with Gasteiger partial charge < -0.3 is 10.1 Å². The highest BCUT2D eigenvalue weighted by Gasteiger charge is 2.20. The highest BCUT2D eigenvalue weighted by atomic mass is 19.1. The second-order valence-electron chi connectivity index (χ2n) is 3.91. The number of carbonyl (C=O) groups excluding carboxylic acids is 3. The Bertz CT molecular complexity index is 519. The van der Waals surface area contributed by atoms with Gasteiger partial charge in [-0.25, -0.2) is 14.0 Å². The maximum absolute atomic E-state index is 12.9. The molecular weight excluding hydrogens is 267 g/mol. The van der Waals surface area contributed by atoms with Crippen LogP contribution in [0.2, 0.25) is 0 Å². The van der Waals surface area contributed by atoms with E-state index in [9.17, 15) is 18.8 Å². The molecule has 0 aliphatic heterocycles. The first-order valence-corrected chi connectivity index (χ1v) is 5.99. The van der Waals surface area contributed by atoms with Gasteiger partial charge in [-0.3, -0.25) is 10.1 Å². The van der Waals surface area contributed by atoms with Gasteiger partial charge in [0.25, 0.3) is 5.91 Å². The predicted molar refractivity (Wildman–Crippen MR) is 68.5 cm³/mol. The van der Waals surface area contributed by atoms with Crippen LogP contribution < -0.4 is 10.6 Å². The summed E-state index contributed by atoms with van der Waals surface area (Å²) in [5, 5.41) is 4.37. The largest absolute Gasteiger partial charge is 0.449 e. The number of amides is 3. The van der Waals surface area contributed by atoms with Gasteiger partial charge in [0.1, 0.15) is 5.82 Å². The van der Waals surface area contributed by atoms with Gasteiger partial charge in [0.05, 0.1) is 5.56 Å². The van der Waals surface area contributed by atoms with E-state index in [-0.39, 0.29) is 5.56 Å². The monoisotopic (exact) mass is 282 g/mol. The van der Waals surface area contributed by atoms with Gasteiger partial charge >= 0.3 is 12.0 Å². The minimum Gasteiger partial charge on any atom is -0.449 e. The Labute approximate surface area is 115 Å². The van der Waals surface area contributed by atoms with E-state index < -0.39 is 29.8 Å². The van der Waals surface area contributed by atoms with Crippen molar-refractivity contribution in [3.8, 4) is 0 Å². The van der Waals surface area contributed by atoms with Crippen molar-refractivity contribution in [1.82, 2.24) is 10.6 Å². The smallest absolute Gasteiger partial charge is 0.339 e. The van der Waals surface area contributed by atoms with E-state index in [2.05, 4.69) is 5.32 Å². The Morgan fingerprint density at radius 2 is 2.05 bits per heavy atom. The number of urea groups is 1. The van der Waals surface area contributed by atoms with Crippen LogP contribution in [0.1, 0.15) is 24.2 Å². The number of nitrogens with one attached hydrogen (secondary N) is 2. The molecule has 0 spiro atoms. The molecule has 7 heteroatoms. The van der Waals surface area contributed by atoms with Crippen molar-refractivity contribution in [3.05, 3.63) is 35.6 Å². The minimum atomic E-state index is -1.17. The highest BCUT2D eigenvalue weighted by molar-refractivity contribution is 5.98. The molecule has 0 aromatic heterocycles. The van der Waals surface area contributed by atoms with Crippen molar-refractivity contribution in [1.29, 1.82) is 0 Å². The van der Waals surface area contributed by atoms with E-state index in [1.165, 1.54) is 25.1 Å². The maximum Gasteiger partial charge on any atom is 0.339 e. The second kappa shape index (κ2) is 7.22. The van der Waals surface area contributed by atoms with Gasteiger partial charge in [-0.1, -0.05) is 6.07 Å². The summed E-state index contributed by atoms with van der Waals surface area (Å²) >= 11 is 0. The summed E-state index contributed by atoms with van der Waals surface area (Å²) in [4.78, 5) is 34.3. The fourth-order valence-corrected chi connectivity index (χ4v) is 1.32. The summed E-state index contributed by atoms with van der Waals surface area (Å²) in [5.74, 6) is -2.19. The molecule has 1 atom stereocenters. The first-order valence-electron chi connectivity index (χ1n) is 5.99. The SMILES string of the molecule is CCNC(=O)NC(=O)[C@H](C)OC(=O)c1cccc(F)c1. The van der Waals surface area contributed by atoms with Crippen LogP contribution in [0.3, 0.4) is 0 Å². The molecule has 0 fully saturated rings. The van der Waals surface area contributed by atoms with Crippen molar-refractivity contribution in [2.24, 2.45) is 0 Å². The number of ether oxygens (including phenoxy) is 1. The lowest BCUT2D eigenvalue weighted by molar-refractivity contribution is -0.127. The molecule has 0 unspecified atom stereocenters. The number of halogens is 1. The van der Waals surface area contributed by atoms with Gasteiger partial charge in [0.2, 0.25) is 0 Å². The fourth-order valence-electron chi connectivity index (χ4n) is 1.32. The van der Waals surface area contributed by atoms with Crippen molar-refractivity contribution in [3.63, 3.8) is 0 Å². The van der Waals surface area contributed by atoms with Gasteiger partial charge in [-0.15, -0.1) is 0 Å². The Morgan fingerprint density at radius 1 is 1.35 bits per heavy atom. The summed E-state index contributed by atoms with van der Waals surface area (Å²) in [6.45, 7) is 3.36. The molecule has 2 N–H and O–H groups in total. The van der Waals surface area contributed by atoms with Crippen molar-refractivity contribution < 1.29 is 23.5 Å². The van der Waals surface area contributed by atoms with Crippen LogP contribution in [0, 0.1) is 5.82 Å². The molecule has 0 bridgehead atoms. The number of imide groups is 1. The number of carbonyl (C=O) groups is 3. The standard InChI is InChI=1S/C13H15FN2O4/c1-3-15-13(19)16-11(17)8(2)20-12(18)9-5-4-6-10(14)7-9/h4-8H,3H2,1-2H3,(H2,15,16,17,19)/t8-/m0/s1. The first-order chi connectivity index (χ1) is 9.43. The Hall–Kier alpha value is -2.44. The van der Waals surface area contributed by atoms with Crippen molar-refractivity contribution in [2.75, 3.05) is 6.54 Å². The van der Waals surface area contributed by atoms with Crippen LogP contribution in [-0.4, -0.2) is 30.6 Å². The number of rotatable bonds is 4. The zero-order valence-corrected chi connectivity index (χ0v) is 11.1. The Morgan fingerprint density at radius 3 is 2.65 bits per heavy atom. The van der Waals surface area contributed by atoms with Gasteiger partial charge in [-0.05, 0) is 32.0 Å². The quantitative estimate of drug-likeness (QED) is 0.813. The average molecular weight is 282 g/mol. The highest BCUT2D eigenvalue weighted by Crippen LogP contribution is 2.07. The maximum atomic E-state index is 12.9. The van der Waals surface area contributed by atoms with E-state index in [0.717, 1.165) is 6.07 Å². The topological polar surface area (TPSA) is 84.5 Å². The molecule has 1 aromatic carbocycles. The summed E-state index contributed by atoms with van der Waals surface area (Å²) in [6, 6.07) is 4.22. The molecule has 0 aliphatic rings. The zero-order chi connectivity index (χ0) is 15.1. The lowest BCUT2D eigenvalue weighted by Gasteiger charge is -2.13. The third-order valence-electron chi connectivity index (χ3n) is 2.29. The van der Waals surface area contributed by atoms with Gasteiger partial charge in [0.15, 0.2) is 6.10 Å². The normalized spacial score (nSPS) is 11.3. The number of esters is 1. The third kappa shape index (κ3) is 4.68. The molecule has 0 saturated carbocycles. The van der Waals surface area contributed by atoms with Crippen LogP contribution in [0.4, 0.5) is 9.18 Å². The number of benzene rings is 1. The molecule has 0 saturated heterocycles. The van der Waals surface area contributed by atoms with Crippen LogP contribution in [-0.2, 0) is 9.53 Å². The summed E-state index contributed by atoms with van der Waals surface area (Å²) in [7, 11) is 0. The number of hydrogen-bond donors (Lipinski definition) is 2. The second-order valence-corrected chi connectivity index (χ2v) is 3.91. The van der Waals surface area contributed by atoms with Crippen LogP contribution in [0.15, 0.2) is 24.3 Å². The molecule has 20 heavy (non-hydrogen) atoms. The summed E-state index contributed by atoms with van der Waals surface area (Å²) < 4.78 is 17.8. The first kappa shape index (κ1) is 15.6. The molecule has 1 aromatic rings. The lowest BCUT2D eigenvalue weighted by Crippen LogP contribution is -2.44. The third-order valence-corrected chi connectivity index (χ3v) is 2.29.